The first-order valence-corrected chi connectivity index (χ1v) is 15.6. The SMILES string of the molecule is CCn1cncc1Cn1c(CN2CCC(Oc3ccc(F)c(OCc4ccc(Cl)cc4F)n3)CC2)nc2ccc(/C=C/C(=O)O)cc21. The summed E-state index contributed by atoms with van der Waals surface area (Å²) in [6.07, 6.45) is 7.67. The summed E-state index contributed by atoms with van der Waals surface area (Å²) in [7, 11) is 0. The van der Waals surface area contributed by atoms with Gasteiger partial charge in [0.1, 0.15) is 24.4 Å². The van der Waals surface area contributed by atoms with Crippen LogP contribution in [0, 0.1) is 11.6 Å². The molecule has 244 valence electrons. The van der Waals surface area contributed by atoms with Gasteiger partial charge in [-0.3, -0.25) is 4.90 Å². The number of fused-ring (bicyclic) bond motifs is 1. The maximum absolute atomic E-state index is 14.4. The zero-order valence-corrected chi connectivity index (χ0v) is 26.4. The van der Waals surface area contributed by atoms with Crippen LogP contribution < -0.4 is 9.47 Å². The quantitative estimate of drug-likeness (QED) is 0.154. The average molecular weight is 663 g/mol. The molecule has 1 fully saturated rings. The second kappa shape index (κ2) is 14.3. The number of ether oxygens (including phenoxy) is 2. The second-order valence-corrected chi connectivity index (χ2v) is 11.7. The summed E-state index contributed by atoms with van der Waals surface area (Å²) in [5.74, 6) is -1.36. The van der Waals surface area contributed by atoms with Crippen LogP contribution in [-0.2, 0) is 31.0 Å². The lowest BCUT2D eigenvalue weighted by atomic mass is 10.1. The zero-order valence-electron chi connectivity index (χ0n) is 25.7. The molecule has 1 aliphatic rings. The van der Waals surface area contributed by atoms with Crippen molar-refractivity contribution in [2.75, 3.05) is 13.1 Å². The number of aromatic nitrogens is 5. The van der Waals surface area contributed by atoms with E-state index in [2.05, 4.69) is 30.9 Å². The Labute approximate surface area is 274 Å². The van der Waals surface area contributed by atoms with E-state index in [0.29, 0.717) is 13.1 Å². The summed E-state index contributed by atoms with van der Waals surface area (Å²) in [5.41, 5.74) is 3.78. The summed E-state index contributed by atoms with van der Waals surface area (Å²) in [5, 5.41) is 9.35. The normalized spacial score (nSPS) is 14.3. The van der Waals surface area contributed by atoms with Crippen LogP contribution in [0.25, 0.3) is 17.1 Å². The summed E-state index contributed by atoms with van der Waals surface area (Å²) in [6.45, 7) is 5.31. The van der Waals surface area contributed by atoms with E-state index in [4.69, 9.17) is 31.2 Å². The Morgan fingerprint density at radius 2 is 1.89 bits per heavy atom. The van der Waals surface area contributed by atoms with Crippen LogP contribution in [0.5, 0.6) is 11.8 Å². The van der Waals surface area contributed by atoms with E-state index in [-0.39, 0.29) is 35.1 Å². The van der Waals surface area contributed by atoms with Crippen molar-refractivity contribution in [2.24, 2.45) is 0 Å². The van der Waals surface area contributed by atoms with Gasteiger partial charge in [0, 0.05) is 48.6 Å². The Morgan fingerprint density at radius 3 is 2.66 bits per heavy atom. The summed E-state index contributed by atoms with van der Waals surface area (Å²) < 4.78 is 44.4. The number of piperidine rings is 1. The molecule has 0 spiro atoms. The molecule has 6 rings (SSSR count). The summed E-state index contributed by atoms with van der Waals surface area (Å²) in [4.78, 5) is 26.9. The topological polar surface area (TPSA) is 108 Å². The fraction of sp³-hybridized carbons (Fsp3) is 0.294. The first kappa shape index (κ1) is 32.1. The molecule has 0 radical (unpaired) electrons. The number of rotatable bonds is 12. The number of halogens is 3. The Balaban J connectivity index is 1.12. The number of aryl methyl sites for hydroxylation is 1. The second-order valence-electron chi connectivity index (χ2n) is 11.3. The first-order chi connectivity index (χ1) is 22.7. The zero-order chi connectivity index (χ0) is 32.9. The van der Waals surface area contributed by atoms with E-state index in [9.17, 15) is 13.6 Å². The number of imidazole rings is 2. The highest BCUT2D eigenvalue weighted by Crippen LogP contribution is 2.26. The van der Waals surface area contributed by atoms with Gasteiger partial charge in [-0.25, -0.2) is 23.5 Å². The molecule has 1 N–H and O–H groups in total. The molecule has 1 saturated heterocycles. The van der Waals surface area contributed by atoms with Crippen molar-refractivity contribution in [1.29, 1.82) is 0 Å². The van der Waals surface area contributed by atoms with Crippen molar-refractivity contribution in [3.63, 3.8) is 0 Å². The molecule has 10 nitrogen and oxygen atoms in total. The van der Waals surface area contributed by atoms with Crippen molar-refractivity contribution in [3.8, 4) is 11.8 Å². The third kappa shape index (κ3) is 7.78. The van der Waals surface area contributed by atoms with Crippen molar-refractivity contribution in [1.82, 2.24) is 29.0 Å². The van der Waals surface area contributed by atoms with Crippen LogP contribution in [0.4, 0.5) is 8.78 Å². The molecule has 0 aliphatic carbocycles. The fourth-order valence-corrected chi connectivity index (χ4v) is 5.76. The van der Waals surface area contributed by atoms with Crippen LogP contribution in [0.1, 0.15) is 42.4 Å². The van der Waals surface area contributed by atoms with Gasteiger partial charge in [0.25, 0.3) is 5.88 Å². The molecule has 2 aromatic carbocycles. The smallest absolute Gasteiger partial charge is 0.328 e. The van der Waals surface area contributed by atoms with Gasteiger partial charge >= 0.3 is 5.97 Å². The number of carboxylic acids is 1. The van der Waals surface area contributed by atoms with Crippen LogP contribution >= 0.6 is 11.6 Å². The van der Waals surface area contributed by atoms with Gasteiger partial charge in [0.2, 0.25) is 5.88 Å². The lowest BCUT2D eigenvalue weighted by molar-refractivity contribution is -0.131. The van der Waals surface area contributed by atoms with Crippen molar-refractivity contribution < 1.29 is 28.2 Å². The van der Waals surface area contributed by atoms with Crippen molar-refractivity contribution in [3.05, 3.63) is 106 Å². The number of hydrogen-bond acceptors (Lipinski definition) is 7. The lowest BCUT2D eigenvalue weighted by Gasteiger charge is -2.31. The lowest BCUT2D eigenvalue weighted by Crippen LogP contribution is -2.38. The Hall–Kier alpha value is -4.81. The van der Waals surface area contributed by atoms with Crippen LogP contribution in [0.2, 0.25) is 5.02 Å². The van der Waals surface area contributed by atoms with Crippen molar-refractivity contribution in [2.45, 2.75) is 52.1 Å². The largest absolute Gasteiger partial charge is 0.478 e. The summed E-state index contributed by atoms with van der Waals surface area (Å²) >= 11 is 5.81. The molecule has 0 bridgehead atoms. The first-order valence-electron chi connectivity index (χ1n) is 15.3. The molecular weight excluding hydrogens is 630 g/mol. The minimum atomic E-state index is -1.01. The van der Waals surface area contributed by atoms with Gasteiger partial charge in [-0.05, 0) is 61.7 Å². The Bertz CT molecular complexity index is 1920. The van der Waals surface area contributed by atoms with E-state index in [1.165, 1.54) is 30.3 Å². The minimum absolute atomic E-state index is 0.132. The number of pyridine rings is 1. The maximum atomic E-state index is 14.4. The molecule has 3 aromatic heterocycles. The van der Waals surface area contributed by atoms with E-state index in [0.717, 1.165) is 66.7 Å². The highest BCUT2D eigenvalue weighted by molar-refractivity contribution is 6.30. The monoisotopic (exact) mass is 662 g/mol. The molecular formula is C34H33ClF2N6O4. The number of carbonyl (C=O) groups is 1. The highest BCUT2D eigenvalue weighted by atomic mass is 35.5. The van der Waals surface area contributed by atoms with Gasteiger partial charge in [-0.1, -0.05) is 23.7 Å². The maximum Gasteiger partial charge on any atom is 0.328 e. The molecule has 47 heavy (non-hydrogen) atoms. The van der Waals surface area contributed by atoms with E-state index < -0.39 is 17.6 Å². The number of aliphatic carboxylic acids is 1. The Morgan fingerprint density at radius 1 is 1.06 bits per heavy atom. The molecule has 1 aliphatic heterocycles. The molecule has 0 unspecified atom stereocenters. The van der Waals surface area contributed by atoms with E-state index >= 15 is 0 Å². The van der Waals surface area contributed by atoms with Crippen LogP contribution in [0.3, 0.4) is 0 Å². The third-order valence-electron chi connectivity index (χ3n) is 8.08. The van der Waals surface area contributed by atoms with Crippen LogP contribution in [0.15, 0.2) is 67.1 Å². The van der Waals surface area contributed by atoms with Gasteiger partial charge in [0.15, 0.2) is 5.82 Å². The van der Waals surface area contributed by atoms with Gasteiger partial charge in [-0.15, -0.1) is 0 Å². The molecule has 0 atom stereocenters. The van der Waals surface area contributed by atoms with Crippen LogP contribution in [-0.4, -0.2) is 59.3 Å². The minimum Gasteiger partial charge on any atom is -0.478 e. The predicted molar refractivity (Wildman–Crippen MR) is 172 cm³/mol. The number of carboxylic acid groups (broad SMARTS) is 1. The molecule has 4 heterocycles. The van der Waals surface area contributed by atoms with Crippen molar-refractivity contribution >= 4 is 34.7 Å². The third-order valence-corrected chi connectivity index (χ3v) is 8.32. The fourth-order valence-electron chi connectivity index (χ4n) is 5.60. The average Bonchev–Trinajstić information content (AvgIpc) is 3.65. The number of hydrogen-bond donors (Lipinski definition) is 1. The molecule has 5 aromatic rings. The Kier molecular flexibility index (Phi) is 9.79. The number of nitrogens with zero attached hydrogens (tertiary/aromatic N) is 6. The number of benzene rings is 2. The van der Waals surface area contributed by atoms with Gasteiger partial charge in [0.05, 0.1) is 36.1 Å². The predicted octanol–water partition coefficient (Wildman–Crippen LogP) is 6.35. The molecule has 0 saturated carbocycles. The highest BCUT2D eigenvalue weighted by Gasteiger charge is 2.24. The van der Waals surface area contributed by atoms with Gasteiger partial charge < -0.3 is 23.7 Å². The van der Waals surface area contributed by atoms with Gasteiger partial charge in [-0.2, -0.15) is 4.98 Å². The molecule has 0 amide bonds. The van der Waals surface area contributed by atoms with E-state index in [1.807, 2.05) is 30.7 Å². The summed E-state index contributed by atoms with van der Waals surface area (Å²) in [6, 6.07) is 12.6. The number of likely N-dealkylation sites (tertiary alicyclic amines) is 1. The standard InChI is InChI=1S/C34H33ClF2N6O4/c1-2-42-21-38-17-25(42)18-43-30-15-22(4-10-33(44)45)3-8-29(30)39-31(43)19-41-13-11-26(12-14-41)47-32-9-7-27(36)34(40-32)46-20-23-5-6-24(35)16-28(23)37/h3-10,15-17,21,26H,2,11-14,18-20H2,1H3,(H,44,45)/b10-4+. The molecule has 13 heteroatoms. The van der Waals surface area contributed by atoms with E-state index in [1.54, 1.807) is 6.08 Å².